The lowest BCUT2D eigenvalue weighted by Gasteiger charge is -2.34. The van der Waals surface area contributed by atoms with Crippen LogP contribution in [0.2, 0.25) is 0 Å². The molecule has 1 aliphatic heterocycles. The van der Waals surface area contributed by atoms with Crippen molar-refractivity contribution in [1.29, 1.82) is 5.26 Å². The zero-order chi connectivity index (χ0) is 18.1. The number of hydrogen-bond donors (Lipinski definition) is 0. The molecule has 6 heteroatoms. The van der Waals surface area contributed by atoms with Crippen molar-refractivity contribution in [3.8, 4) is 11.8 Å². The maximum atomic E-state index is 12.4. The summed E-state index contributed by atoms with van der Waals surface area (Å²) in [6.45, 7) is 1.92. The Kier molecular flexibility index (Phi) is 7.27. The monoisotopic (exact) mass is 343 g/mol. The predicted molar refractivity (Wildman–Crippen MR) is 93.7 cm³/mol. The minimum Gasteiger partial charge on any atom is -0.493 e. The molecule has 1 heterocycles. The van der Waals surface area contributed by atoms with Gasteiger partial charge in [0, 0.05) is 26.7 Å². The van der Waals surface area contributed by atoms with Crippen LogP contribution in [-0.2, 0) is 9.59 Å². The van der Waals surface area contributed by atoms with Crippen LogP contribution in [0.25, 0.3) is 0 Å². The van der Waals surface area contributed by atoms with Crippen molar-refractivity contribution < 1.29 is 14.3 Å². The molecule has 0 N–H and O–H groups in total. The molecule has 2 amide bonds. The number of ether oxygens (including phenoxy) is 1. The molecule has 0 spiro atoms. The summed E-state index contributed by atoms with van der Waals surface area (Å²) < 4.78 is 5.57. The fraction of sp³-hybridized carbons (Fsp3) is 0.526. The van der Waals surface area contributed by atoms with Crippen LogP contribution in [0.3, 0.4) is 0 Å². The number of benzene rings is 1. The van der Waals surface area contributed by atoms with Gasteiger partial charge in [0.25, 0.3) is 0 Å². The molecule has 0 radical (unpaired) electrons. The van der Waals surface area contributed by atoms with E-state index in [1.807, 2.05) is 36.4 Å². The first-order chi connectivity index (χ1) is 12.1. The van der Waals surface area contributed by atoms with Crippen molar-refractivity contribution in [2.45, 2.75) is 25.7 Å². The highest BCUT2D eigenvalue weighted by Crippen LogP contribution is 2.19. The third-order valence-electron chi connectivity index (χ3n) is 4.39. The number of piperidine rings is 1. The van der Waals surface area contributed by atoms with Crippen LogP contribution >= 0.6 is 0 Å². The third kappa shape index (κ3) is 5.79. The number of rotatable bonds is 7. The molecule has 0 saturated carbocycles. The molecule has 1 fully saturated rings. The molecule has 0 bridgehead atoms. The number of likely N-dealkylation sites (tertiary alicyclic amines) is 1. The number of hydrogen-bond acceptors (Lipinski definition) is 4. The standard InChI is InChI=1S/C19H25N3O3/c1-21(12-6-11-20)19(24)16-7-5-13-22(15-16)18(23)10-14-25-17-8-3-2-4-9-17/h2-4,8-9,16H,5-7,10,12-15H2,1H3. The Morgan fingerprint density at radius 2 is 2.12 bits per heavy atom. The van der Waals surface area contributed by atoms with Gasteiger partial charge in [0.1, 0.15) is 5.75 Å². The summed E-state index contributed by atoms with van der Waals surface area (Å²) in [5, 5.41) is 8.63. The van der Waals surface area contributed by atoms with Gasteiger partial charge in [-0.3, -0.25) is 9.59 Å². The first-order valence-corrected chi connectivity index (χ1v) is 8.69. The highest BCUT2D eigenvalue weighted by Gasteiger charge is 2.29. The van der Waals surface area contributed by atoms with Crippen LogP contribution in [0.15, 0.2) is 30.3 Å². The van der Waals surface area contributed by atoms with Crippen molar-refractivity contribution in [2.24, 2.45) is 5.92 Å². The largest absolute Gasteiger partial charge is 0.493 e. The molecule has 0 aliphatic carbocycles. The van der Waals surface area contributed by atoms with Crippen LogP contribution < -0.4 is 4.74 Å². The summed E-state index contributed by atoms with van der Waals surface area (Å²) in [5.41, 5.74) is 0. The summed E-state index contributed by atoms with van der Waals surface area (Å²) in [4.78, 5) is 28.2. The first kappa shape index (κ1) is 18.8. The smallest absolute Gasteiger partial charge is 0.227 e. The van der Waals surface area contributed by atoms with Crippen molar-refractivity contribution in [3.05, 3.63) is 30.3 Å². The van der Waals surface area contributed by atoms with Crippen molar-refractivity contribution in [1.82, 2.24) is 9.80 Å². The number of amides is 2. The number of para-hydroxylation sites is 1. The van der Waals surface area contributed by atoms with E-state index in [9.17, 15) is 9.59 Å². The van der Waals surface area contributed by atoms with Gasteiger partial charge in [-0.05, 0) is 25.0 Å². The van der Waals surface area contributed by atoms with E-state index in [1.165, 1.54) is 0 Å². The zero-order valence-corrected chi connectivity index (χ0v) is 14.7. The van der Waals surface area contributed by atoms with Crippen LogP contribution in [0.1, 0.15) is 25.7 Å². The van der Waals surface area contributed by atoms with E-state index in [0.29, 0.717) is 39.1 Å². The quantitative estimate of drug-likeness (QED) is 0.760. The molecule has 1 aromatic carbocycles. The predicted octanol–water partition coefficient (Wildman–Crippen LogP) is 2.07. The fourth-order valence-electron chi connectivity index (χ4n) is 2.98. The van der Waals surface area contributed by atoms with Crippen molar-refractivity contribution >= 4 is 11.8 Å². The van der Waals surface area contributed by atoms with Gasteiger partial charge in [-0.15, -0.1) is 0 Å². The Balaban J connectivity index is 1.78. The van der Waals surface area contributed by atoms with E-state index in [4.69, 9.17) is 10.00 Å². The second-order valence-corrected chi connectivity index (χ2v) is 6.26. The highest BCUT2D eigenvalue weighted by atomic mass is 16.5. The normalized spacial score (nSPS) is 16.8. The van der Waals surface area contributed by atoms with Crippen LogP contribution in [-0.4, -0.2) is 54.9 Å². The lowest BCUT2D eigenvalue weighted by molar-refractivity contribution is -0.140. The van der Waals surface area contributed by atoms with Crippen LogP contribution in [0.4, 0.5) is 0 Å². The van der Waals surface area contributed by atoms with Gasteiger partial charge < -0.3 is 14.5 Å². The lowest BCUT2D eigenvalue weighted by atomic mass is 9.96. The number of nitriles is 1. The van der Waals surface area contributed by atoms with E-state index >= 15 is 0 Å². The van der Waals surface area contributed by atoms with Crippen LogP contribution in [0.5, 0.6) is 5.75 Å². The topological polar surface area (TPSA) is 73.6 Å². The second-order valence-electron chi connectivity index (χ2n) is 6.26. The fourth-order valence-corrected chi connectivity index (χ4v) is 2.98. The summed E-state index contributed by atoms with van der Waals surface area (Å²) in [5.74, 6) is 0.624. The molecule has 6 nitrogen and oxygen atoms in total. The molecule has 1 aromatic rings. The lowest BCUT2D eigenvalue weighted by Crippen LogP contribution is -2.46. The van der Waals surface area contributed by atoms with E-state index < -0.39 is 0 Å². The minimum absolute atomic E-state index is 0.0214. The van der Waals surface area contributed by atoms with Gasteiger partial charge in [0.05, 0.1) is 31.4 Å². The van der Waals surface area contributed by atoms with E-state index in [1.54, 1.807) is 16.8 Å². The molecule has 1 atom stereocenters. The Morgan fingerprint density at radius 1 is 1.36 bits per heavy atom. The summed E-state index contributed by atoms with van der Waals surface area (Å²) in [7, 11) is 1.72. The number of nitrogens with zero attached hydrogens (tertiary/aromatic N) is 3. The maximum absolute atomic E-state index is 12.4. The highest BCUT2D eigenvalue weighted by molar-refractivity contribution is 5.81. The number of carbonyl (C=O) groups is 2. The molecule has 1 unspecified atom stereocenters. The average molecular weight is 343 g/mol. The second kappa shape index (κ2) is 9.67. The Bertz CT molecular complexity index is 612. The number of carbonyl (C=O) groups excluding carboxylic acids is 2. The molecule has 134 valence electrons. The molecular formula is C19H25N3O3. The van der Waals surface area contributed by atoms with Crippen LogP contribution in [0, 0.1) is 17.2 Å². The third-order valence-corrected chi connectivity index (χ3v) is 4.39. The molecule has 1 aliphatic rings. The van der Waals surface area contributed by atoms with E-state index in [0.717, 1.165) is 18.6 Å². The molecular weight excluding hydrogens is 318 g/mol. The van der Waals surface area contributed by atoms with Crippen molar-refractivity contribution in [2.75, 3.05) is 33.3 Å². The molecule has 1 saturated heterocycles. The Hall–Kier alpha value is -2.55. The van der Waals surface area contributed by atoms with Gasteiger partial charge in [-0.2, -0.15) is 5.26 Å². The zero-order valence-electron chi connectivity index (χ0n) is 14.7. The van der Waals surface area contributed by atoms with Gasteiger partial charge >= 0.3 is 0 Å². The average Bonchev–Trinajstić information content (AvgIpc) is 2.66. The van der Waals surface area contributed by atoms with Gasteiger partial charge in [-0.25, -0.2) is 0 Å². The summed E-state index contributed by atoms with van der Waals surface area (Å²) in [6, 6.07) is 11.5. The maximum Gasteiger partial charge on any atom is 0.227 e. The Labute approximate surface area is 149 Å². The molecule has 0 aromatic heterocycles. The minimum atomic E-state index is -0.170. The molecule has 25 heavy (non-hydrogen) atoms. The summed E-state index contributed by atoms with van der Waals surface area (Å²) in [6.07, 6.45) is 2.25. The van der Waals surface area contributed by atoms with E-state index in [2.05, 4.69) is 0 Å². The Morgan fingerprint density at radius 3 is 2.84 bits per heavy atom. The van der Waals surface area contributed by atoms with Gasteiger partial charge in [0.2, 0.25) is 11.8 Å². The summed E-state index contributed by atoms with van der Waals surface area (Å²) >= 11 is 0. The van der Waals surface area contributed by atoms with Gasteiger partial charge in [-0.1, -0.05) is 18.2 Å². The SMILES string of the molecule is CN(CCC#N)C(=O)C1CCCN(C(=O)CCOc2ccccc2)C1. The van der Waals surface area contributed by atoms with Gasteiger partial charge in [0.15, 0.2) is 0 Å². The molecule has 2 rings (SSSR count). The van der Waals surface area contributed by atoms with Crippen molar-refractivity contribution in [3.63, 3.8) is 0 Å². The van der Waals surface area contributed by atoms with E-state index in [-0.39, 0.29) is 17.7 Å². The first-order valence-electron chi connectivity index (χ1n) is 8.69.